The van der Waals surface area contributed by atoms with Gasteiger partial charge in [0.05, 0.1) is 25.2 Å². The molecule has 1 aliphatic rings. The first kappa shape index (κ1) is 20.2. The first-order valence-electron chi connectivity index (χ1n) is 9.62. The van der Waals surface area contributed by atoms with Crippen molar-refractivity contribution in [2.45, 2.75) is 51.8 Å². The molecule has 0 aromatic carbocycles. The molecule has 0 spiro atoms. The molecule has 0 unspecified atom stereocenters. The Bertz CT molecular complexity index is 755. The maximum Gasteiger partial charge on any atom is 0.290 e. The van der Waals surface area contributed by atoms with Crippen molar-refractivity contribution >= 4 is 11.8 Å². The van der Waals surface area contributed by atoms with Crippen LogP contribution in [0.25, 0.3) is 0 Å². The Morgan fingerprint density at radius 3 is 2.46 bits per heavy atom. The summed E-state index contributed by atoms with van der Waals surface area (Å²) in [5.41, 5.74) is -0.542. The quantitative estimate of drug-likeness (QED) is 0.727. The molecule has 7 nitrogen and oxygen atoms in total. The number of nitrogens with zero attached hydrogens (tertiary/aromatic N) is 2. The van der Waals surface area contributed by atoms with Crippen LogP contribution in [-0.2, 0) is 16.1 Å². The summed E-state index contributed by atoms with van der Waals surface area (Å²) >= 11 is 0. The van der Waals surface area contributed by atoms with Gasteiger partial charge in [-0.3, -0.25) is 9.59 Å². The number of carbonyl (C=O) groups is 2. The van der Waals surface area contributed by atoms with Gasteiger partial charge in [-0.2, -0.15) is 0 Å². The van der Waals surface area contributed by atoms with Gasteiger partial charge in [-0.15, -0.1) is 0 Å². The average Bonchev–Trinajstić information content (AvgIpc) is 3.40. The molecule has 0 radical (unpaired) electrons. The van der Waals surface area contributed by atoms with Crippen LogP contribution in [0.1, 0.15) is 49.9 Å². The molecule has 1 aliphatic heterocycles. The van der Waals surface area contributed by atoms with Gasteiger partial charge in [0.2, 0.25) is 5.91 Å². The Labute approximate surface area is 165 Å². The van der Waals surface area contributed by atoms with E-state index in [0.717, 1.165) is 19.4 Å². The van der Waals surface area contributed by atoms with Crippen molar-refractivity contribution in [2.75, 3.05) is 19.7 Å². The fourth-order valence-electron chi connectivity index (χ4n) is 3.26. The van der Waals surface area contributed by atoms with Crippen LogP contribution in [0.2, 0.25) is 0 Å². The highest BCUT2D eigenvalue weighted by Crippen LogP contribution is 2.20. The normalized spacial score (nSPS) is 16.9. The van der Waals surface area contributed by atoms with Gasteiger partial charge in [-0.05, 0) is 57.9 Å². The fourth-order valence-corrected chi connectivity index (χ4v) is 3.26. The fraction of sp³-hybridized carbons (Fsp3) is 0.524. The predicted molar refractivity (Wildman–Crippen MR) is 103 cm³/mol. The summed E-state index contributed by atoms with van der Waals surface area (Å²) in [4.78, 5) is 29.3. The van der Waals surface area contributed by atoms with Crippen LogP contribution < -0.4 is 0 Å². The van der Waals surface area contributed by atoms with E-state index in [4.69, 9.17) is 13.6 Å². The van der Waals surface area contributed by atoms with E-state index in [0.29, 0.717) is 18.8 Å². The van der Waals surface area contributed by atoms with E-state index in [1.54, 1.807) is 34.3 Å². The van der Waals surface area contributed by atoms with Crippen LogP contribution in [0.4, 0.5) is 0 Å². The van der Waals surface area contributed by atoms with E-state index in [1.165, 1.54) is 6.26 Å². The monoisotopic (exact) mass is 388 g/mol. The van der Waals surface area contributed by atoms with Crippen molar-refractivity contribution in [3.8, 4) is 0 Å². The highest BCUT2D eigenvalue weighted by atomic mass is 16.5. The zero-order valence-corrected chi connectivity index (χ0v) is 16.7. The molecule has 3 rings (SSSR count). The van der Waals surface area contributed by atoms with Crippen molar-refractivity contribution in [1.29, 1.82) is 0 Å². The molecule has 0 saturated carbocycles. The van der Waals surface area contributed by atoms with Gasteiger partial charge in [0.15, 0.2) is 5.76 Å². The maximum absolute atomic E-state index is 13.2. The molecule has 1 saturated heterocycles. The van der Waals surface area contributed by atoms with Crippen LogP contribution in [0.5, 0.6) is 0 Å². The summed E-state index contributed by atoms with van der Waals surface area (Å²) < 4.78 is 16.4. The van der Waals surface area contributed by atoms with Crippen molar-refractivity contribution in [1.82, 2.24) is 9.80 Å². The standard InChI is InChI=1S/C21H28N2O5/c1-21(2,3)23(20(25)18-9-6-12-28-18)15-19(24)22(13-16-7-4-10-26-16)14-17-8-5-11-27-17/h4,6-7,9-10,12,17H,5,8,11,13-15H2,1-3H3/t17-/m0/s1. The van der Waals surface area contributed by atoms with Crippen LogP contribution in [0, 0.1) is 0 Å². The van der Waals surface area contributed by atoms with Gasteiger partial charge in [0.25, 0.3) is 5.91 Å². The Morgan fingerprint density at radius 1 is 1.14 bits per heavy atom. The first-order chi connectivity index (χ1) is 13.3. The number of hydrogen-bond acceptors (Lipinski definition) is 5. The Balaban J connectivity index is 1.76. The number of carbonyl (C=O) groups excluding carboxylic acids is 2. The van der Waals surface area contributed by atoms with Gasteiger partial charge in [0, 0.05) is 18.7 Å². The minimum Gasteiger partial charge on any atom is -0.467 e. The summed E-state index contributed by atoms with van der Waals surface area (Å²) in [6.45, 7) is 7.20. The second-order valence-electron chi connectivity index (χ2n) is 8.03. The number of rotatable bonds is 7. The van der Waals surface area contributed by atoms with Crippen molar-refractivity contribution in [3.63, 3.8) is 0 Å². The Kier molecular flexibility index (Phi) is 6.24. The lowest BCUT2D eigenvalue weighted by atomic mass is 10.1. The molecule has 1 fully saturated rings. The molecule has 0 N–H and O–H groups in total. The summed E-state index contributed by atoms with van der Waals surface area (Å²) in [5.74, 6) is 0.466. The Morgan fingerprint density at radius 2 is 1.89 bits per heavy atom. The lowest BCUT2D eigenvalue weighted by Crippen LogP contribution is -2.51. The van der Waals surface area contributed by atoms with Crippen LogP contribution in [0.15, 0.2) is 45.6 Å². The zero-order chi connectivity index (χ0) is 20.1. The maximum atomic E-state index is 13.2. The van der Waals surface area contributed by atoms with E-state index >= 15 is 0 Å². The molecule has 28 heavy (non-hydrogen) atoms. The summed E-state index contributed by atoms with van der Waals surface area (Å²) in [6, 6.07) is 6.91. The largest absolute Gasteiger partial charge is 0.467 e. The van der Waals surface area contributed by atoms with Gasteiger partial charge in [0.1, 0.15) is 12.3 Å². The van der Waals surface area contributed by atoms with Crippen LogP contribution >= 0.6 is 0 Å². The third kappa shape index (κ3) is 5.04. The zero-order valence-electron chi connectivity index (χ0n) is 16.7. The van der Waals surface area contributed by atoms with Crippen molar-refractivity contribution in [3.05, 3.63) is 48.3 Å². The Hall–Kier alpha value is -2.54. The van der Waals surface area contributed by atoms with Gasteiger partial charge in [-0.25, -0.2) is 0 Å². The van der Waals surface area contributed by atoms with Gasteiger partial charge < -0.3 is 23.4 Å². The minimum absolute atomic E-state index is 0.0165. The summed E-state index contributed by atoms with van der Waals surface area (Å²) in [6.07, 6.45) is 4.99. The molecular weight excluding hydrogens is 360 g/mol. The number of hydrogen-bond donors (Lipinski definition) is 0. The minimum atomic E-state index is -0.542. The SMILES string of the molecule is CC(C)(C)N(CC(=O)N(Cc1ccco1)C[C@@H]1CCCO1)C(=O)c1ccco1. The highest BCUT2D eigenvalue weighted by Gasteiger charge is 2.33. The smallest absolute Gasteiger partial charge is 0.290 e. The molecule has 2 aromatic rings. The second kappa shape index (κ2) is 8.65. The van der Waals surface area contributed by atoms with Crippen LogP contribution in [0.3, 0.4) is 0 Å². The van der Waals surface area contributed by atoms with Crippen molar-refractivity contribution in [2.24, 2.45) is 0 Å². The van der Waals surface area contributed by atoms with E-state index in [9.17, 15) is 9.59 Å². The van der Waals surface area contributed by atoms with E-state index < -0.39 is 5.54 Å². The summed E-state index contributed by atoms with van der Waals surface area (Å²) in [5, 5.41) is 0. The lowest BCUT2D eigenvalue weighted by Gasteiger charge is -2.36. The molecule has 2 aromatic heterocycles. The molecule has 3 heterocycles. The first-order valence-corrected chi connectivity index (χ1v) is 9.62. The molecule has 7 heteroatoms. The highest BCUT2D eigenvalue weighted by molar-refractivity contribution is 5.94. The number of furan rings is 2. The molecule has 2 amide bonds. The number of ether oxygens (including phenoxy) is 1. The molecule has 0 bridgehead atoms. The molecule has 0 aliphatic carbocycles. The predicted octanol–water partition coefficient (Wildman–Crippen LogP) is 3.32. The third-order valence-electron chi connectivity index (χ3n) is 4.81. The molecule has 152 valence electrons. The third-order valence-corrected chi connectivity index (χ3v) is 4.81. The lowest BCUT2D eigenvalue weighted by molar-refractivity contribution is -0.135. The van der Waals surface area contributed by atoms with E-state index in [1.807, 2.05) is 26.8 Å². The second-order valence-corrected chi connectivity index (χ2v) is 8.03. The van der Waals surface area contributed by atoms with Crippen molar-refractivity contribution < 1.29 is 23.2 Å². The summed E-state index contributed by atoms with van der Waals surface area (Å²) in [7, 11) is 0. The topological polar surface area (TPSA) is 76.1 Å². The molecule has 1 atom stereocenters. The van der Waals surface area contributed by atoms with Crippen LogP contribution in [-0.4, -0.2) is 53.0 Å². The number of amides is 2. The van der Waals surface area contributed by atoms with E-state index in [2.05, 4.69) is 0 Å². The van der Waals surface area contributed by atoms with E-state index in [-0.39, 0.29) is 30.2 Å². The van der Waals surface area contributed by atoms with Gasteiger partial charge >= 0.3 is 0 Å². The van der Waals surface area contributed by atoms with Gasteiger partial charge in [-0.1, -0.05) is 0 Å². The average molecular weight is 388 g/mol. The molecular formula is C21H28N2O5.